The zero-order valence-electron chi connectivity index (χ0n) is 19.2. The number of rotatable bonds is 7. The number of hydrogen-bond donors (Lipinski definition) is 1. The van der Waals surface area contributed by atoms with Crippen LogP contribution in [0.15, 0.2) is 66.9 Å². The molecular weight excluding hydrogens is 523 g/mol. The van der Waals surface area contributed by atoms with Crippen molar-refractivity contribution in [3.63, 3.8) is 0 Å². The summed E-state index contributed by atoms with van der Waals surface area (Å²) < 4.78 is 17.7. The van der Waals surface area contributed by atoms with E-state index in [1.165, 1.54) is 7.11 Å². The van der Waals surface area contributed by atoms with Crippen LogP contribution in [0.1, 0.15) is 21.6 Å². The number of carbonyl (C=O) groups is 1. The smallest absolute Gasteiger partial charge is 0.354 e. The lowest BCUT2D eigenvalue weighted by Gasteiger charge is -2.11. The van der Waals surface area contributed by atoms with Gasteiger partial charge in [-0.25, -0.2) is 4.79 Å². The second-order valence-electron chi connectivity index (χ2n) is 8.16. The molecule has 4 aromatic rings. The highest BCUT2D eigenvalue weighted by atomic mass is 35.5. The van der Waals surface area contributed by atoms with Gasteiger partial charge in [0.1, 0.15) is 5.69 Å². The third kappa shape index (κ3) is 4.98. The number of methoxy groups -OCH3 is 1. The van der Waals surface area contributed by atoms with Crippen LogP contribution in [-0.2, 0) is 17.8 Å². The van der Waals surface area contributed by atoms with E-state index in [4.69, 9.17) is 49.0 Å². The Balaban J connectivity index is 1.38. The summed E-state index contributed by atoms with van der Waals surface area (Å²) in [6.07, 6.45) is 1.90. The summed E-state index contributed by atoms with van der Waals surface area (Å²) in [6, 6.07) is 18.7. The minimum Gasteiger partial charge on any atom is -0.464 e. The Labute approximate surface area is 223 Å². The van der Waals surface area contributed by atoms with Gasteiger partial charge in [-0.15, -0.1) is 0 Å². The summed E-state index contributed by atoms with van der Waals surface area (Å²) in [5.41, 5.74) is 4.77. The van der Waals surface area contributed by atoms with E-state index in [0.717, 1.165) is 27.9 Å². The molecule has 0 bridgehead atoms. The molecule has 0 aliphatic carbocycles. The summed E-state index contributed by atoms with van der Waals surface area (Å²) in [5.74, 6) is 0.797. The van der Waals surface area contributed by atoms with Crippen LogP contribution in [0.25, 0.3) is 11.1 Å². The van der Waals surface area contributed by atoms with E-state index in [1.807, 2.05) is 59.3 Å². The first-order valence-electron chi connectivity index (χ1n) is 11.1. The minimum atomic E-state index is -0.437. The second-order valence-corrected chi connectivity index (χ2v) is 9.38. The molecule has 6 nitrogen and oxygen atoms in total. The van der Waals surface area contributed by atoms with Crippen molar-refractivity contribution in [2.24, 2.45) is 0 Å². The van der Waals surface area contributed by atoms with Gasteiger partial charge in [-0.2, -0.15) is 0 Å². The van der Waals surface area contributed by atoms with Crippen LogP contribution in [0.3, 0.4) is 0 Å². The summed E-state index contributed by atoms with van der Waals surface area (Å²) >= 11 is 19.0. The lowest BCUT2D eigenvalue weighted by Crippen LogP contribution is -2.10. The monoisotopic (exact) mass is 542 g/mol. The third-order valence-corrected chi connectivity index (χ3v) is 6.98. The minimum absolute atomic E-state index is 0.159. The van der Waals surface area contributed by atoms with Gasteiger partial charge in [0.15, 0.2) is 11.5 Å². The number of benzene rings is 3. The first-order chi connectivity index (χ1) is 17.4. The molecule has 5 rings (SSSR count). The van der Waals surface area contributed by atoms with E-state index >= 15 is 0 Å². The van der Waals surface area contributed by atoms with Gasteiger partial charge in [0, 0.05) is 57.2 Å². The van der Waals surface area contributed by atoms with Crippen molar-refractivity contribution in [2.45, 2.75) is 13.1 Å². The molecule has 2 heterocycles. The molecule has 184 valence electrons. The van der Waals surface area contributed by atoms with E-state index in [1.54, 1.807) is 12.1 Å². The third-order valence-electron chi connectivity index (χ3n) is 5.92. The molecule has 1 N–H and O–H groups in total. The molecule has 0 radical (unpaired) electrons. The number of esters is 1. The normalized spacial score (nSPS) is 12.0. The molecule has 1 aliphatic rings. The highest BCUT2D eigenvalue weighted by molar-refractivity contribution is 6.36. The lowest BCUT2D eigenvalue weighted by molar-refractivity contribution is 0.0589. The quantitative estimate of drug-likeness (QED) is 0.248. The van der Waals surface area contributed by atoms with E-state index in [2.05, 4.69) is 5.32 Å². The van der Waals surface area contributed by atoms with Crippen molar-refractivity contribution >= 4 is 46.5 Å². The van der Waals surface area contributed by atoms with Crippen molar-refractivity contribution in [3.8, 4) is 22.6 Å². The van der Waals surface area contributed by atoms with Gasteiger partial charge in [-0.3, -0.25) is 0 Å². The Morgan fingerprint density at radius 2 is 1.64 bits per heavy atom. The van der Waals surface area contributed by atoms with Gasteiger partial charge >= 0.3 is 5.97 Å². The Hall–Kier alpha value is -3.32. The van der Waals surface area contributed by atoms with Crippen LogP contribution < -0.4 is 14.8 Å². The van der Waals surface area contributed by atoms with Gasteiger partial charge in [0.25, 0.3) is 0 Å². The molecule has 0 atom stereocenters. The van der Waals surface area contributed by atoms with Crippen LogP contribution in [0, 0.1) is 0 Å². The molecule has 0 saturated carbocycles. The zero-order chi connectivity index (χ0) is 25.2. The van der Waals surface area contributed by atoms with Crippen LogP contribution in [-0.4, -0.2) is 24.4 Å². The van der Waals surface area contributed by atoms with Gasteiger partial charge in [0.05, 0.1) is 7.11 Å². The van der Waals surface area contributed by atoms with Crippen molar-refractivity contribution < 1.29 is 19.0 Å². The first kappa shape index (κ1) is 24.4. The van der Waals surface area contributed by atoms with E-state index < -0.39 is 5.97 Å². The molecule has 1 aromatic heterocycles. The highest BCUT2D eigenvalue weighted by Gasteiger charge is 2.20. The summed E-state index contributed by atoms with van der Waals surface area (Å²) in [6.45, 7) is 1.02. The maximum absolute atomic E-state index is 12.5. The fourth-order valence-electron chi connectivity index (χ4n) is 4.01. The molecule has 3 aromatic carbocycles. The van der Waals surface area contributed by atoms with E-state index in [0.29, 0.717) is 45.4 Å². The first-order valence-corrected chi connectivity index (χ1v) is 12.2. The molecule has 1 aliphatic heterocycles. The largest absolute Gasteiger partial charge is 0.464 e. The summed E-state index contributed by atoms with van der Waals surface area (Å²) in [7, 11) is 1.36. The highest BCUT2D eigenvalue weighted by Crippen LogP contribution is 2.37. The van der Waals surface area contributed by atoms with Gasteiger partial charge in [-0.1, -0.05) is 53.0 Å². The fourth-order valence-corrected chi connectivity index (χ4v) is 4.75. The number of carbonyl (C=O) groups excluding carboxylic acids is 1. The Morgan fingerprint density at radius 1 is 0.944 bits per heavy atom. The Bertz CT molecular complexity index is 1410. The molecule has 9 heteroatoms. The standard InChI is InChI=1S/C27H21Cl3N2O4/c1-34-27(33)24-9-17(13-32(24)14-18-10-25-26(11-23(18)30)36-15-35-25)16-5-7-19(8-6-16)31-12-20-21(28)3-2-4-22(20)29/h2-11,13,31H,12,14-15H2,1H3. The molecular formula is C27H21Cl3N2O4. The van der Waals surface area contributed by atoms with Crippen molar-refractivity contribution in [1.82, 2.24) is 4.57 Å². The van der Waals surface area contributed by atoms with Crippen molar-refractivity contribution in [3.05, 3.63) is 98.7 Å². The number of anilines is 1. The number of nitrogens with zero attached hydrogens (tertiary/aromatic N) is 1. The molecule has 36 heavy (non-hydrogen) atoms. The van der Waals surface area contributed by atoms with Gasteiger partial charge < -0.3 is 24.1 Å². The van der Waals surface area contributed by atoms with Gasteiger partial charge in [-0.05, 0) is 47.5 Å². The number of fused-ring (bicyclic) bond motifs is 1. The second kappa shape index (κ2) is 10.3. The topological polar surface area (TPSA) is 61.7 Å². The van der Waals surface area contributed by atoms with Crippen molar-refractivity contribution in [2.75, 3.05) is 19.2 Å². The zero-order valence-corrected chi connectivity index (χ0v) is 21.5. The van der Waals surface area contributed by atoms with Crippen molar-refractivity contribution in [1.29, 1.82) is 0 Å². The summed E-state index contributed by atoms with van der Waals surface area (Å²) in [5, 5.41) is 5.10. The Morgan fingerprint density at radius 3 is 2.33 bits per heavy atom. The lowest BCUT2D eigenvalue weighted by atomic mass is 10.1. The van der Waals surface area contributed by atoms with E-state index in [-0.39, 0.29) is 6.79 Å². The van der Waals surface area contributed by atoms with Crippen LogP contribution >= 0.6 is 34.8 Å². The molecule has 0 amide bonds. The van der Waals surface area contributed by atoms with E-state index in [9.17, 15) is 4.79 Å². The maximum Gasteiger partial charge on any atom is 0.354 e. The number of halogens is 3. The predicted octanol–water partition coefficient (Wildman–Crippen LogP) is 7.29. The average molecular weight is 544 g/mol. The number of aromatic nitrogens is 1. The SMILES string of the molecule is COC(=O)c1cc(-c2ccc(NCc3c(Cl)cccc3Cl)cc2)cn1Cc1cc2c(cc1Cl)OCO2. The Kier molecular flexibility index (Phi) is 7.01. The molecule has 0 unspecified atom stereocenters. The number of ether oxygens (including phenoxy) is 3. The van der Waals surface area contributed by atoms with Crippen LogP contribution in [0.5, 0.6) is 11.5 Å². The number of hydrogen-bond acceptors (Lipinski definition) is 5. The van der Waals surface area contributed by atoms with Crippen LogP contribution in [0.4, 0.5) is 5.69 Å². The van der Waals surface area contributed by atoms with Gasteiger partial charge in [0.2, 0.25) is 6.79 Å². The maximum atomic E-state index is 12.5. The molecule has 0 fully saturated rings. The predicted molar refractivity (Wildman–Crippen MR) is 142 cm³/mol. The summed E-state index contributed by atoms with van der Waals surface area (Å²) in [4.78, 5) is 12.5. The molecule has 0 spiro atoms. The van der Waals surface area contributed by atoms with Crippen LogP contribution in [0.2, 0.25) is 15.1 Å². The fraction of sp³-hybridized carbons (Fsp3) is 0.148. The molecule has 0 saturated heterocycles. The average Bonchev–Trinajstić information content (AvgIpc) is 3.50. The number of nitrogens with one attached hydrogen (secondary N) is 1.